The Morgan fingerprint density at radius 1 is 1.16 bits per heavy atom. The van der Waals surface area contributed by atoms with E-state index < -0.39 is 0 Å². The second kappa shape index (κ2) is 7.66. The molecule has 1 aromatic rings. The van der Waals surface area contributed by atoms with Crippen LogP contribution in [0.25, 0.3) is 0 Å². The van der Waals surface area contributed by atoms with Crippen LogP contribution in [-0.2, 0) is 6.42 Å². The van der Waals surface area contributed by atoms with Gasteiger partial charge in [0, 0.05) is 12.6 Å². The summed E-state index contributed by atoms with van der Waals surface area (Å²) in [6, 6.07) is 11.6. The summed E-state index contributed by atoms with van der Waals surface area (Å²) in [7, 11) is 2.29. The van der Waals surface area contributed by atoms with Crippen molar-refractivity contribution in [3.63, 3.8) is 0 Å². The Morgan fingerprint density at radius 2 is 1.95 bits per heavy atom. The first-order chi connectivity index (χ1) is 9.29. The highest BCUT2D eigenvalue weighted by Gasteiger charge is 2.21. The van der Waals surface area contributed by atoms with Gasteiger partial charge in [-0.2, -0.15) is 0 Å². The maximum atomic E-state index is 2.67. The fourth-order valence-electron chi connectivity index (χ4n) is 2.95. The molecule has 2 heteroatoms. The molecule has 0 spiro atoms. The van der Waals surface area contributed by atoms with Gasteiger partial charge in [0.05, 0.1) is 0 Å². The zero-order valence-electron chi connectivity index (χ0n) is 12.5. The zero-order chi connectivity index (χ0) is 13.5. The fourth-order valence-corrected chi connectivity index (χ4v) is 2.95. The predicted octanol–water partition coefficient (Wildman–Crippen LogP) is 3.04. The number of unbranched alkanes of at least 4 members (excludes halogenated alkanes) is 1. The first kappa shape index (κ1) is 14.5. The largest absolute Gasteiger partial charge is 0.302 e. The molecule has 0 radical (unpaired) electrons. The van der Waals surface area contributed by atoms with E-state index in [-0.39, 0.29) is 0 Å². The Balaban J connectivity index is 1.95. The first-order valence-corrected chi connectivity index (χ1v) is 7.76. The van der Waals surface area contributed by atoms with Crippen molar-refractivity contribution in [2.75, 3.05) is 33.2 Å². The smallest absolute Gasteiger partial charge is 0.0260 e. The van der Waals surface area contributed by atoms with Crippen LogP contribution in [0.15, 0.2) is 30.3 Å². The molecule has 1 fully saturated rings. The van der Waals surface area contributed by atoms with E-state index in [1.807, 2.05) is 0 Å². The Labute approximate surface area is 118 Å². The van der Waals surface area contributed by atoms with E-state index in [9.17, 15) is 0 Å². The number of benzene rings is 1. The third-order valence-electron chi connectivity index (χ3n) is 4.22. The summed E-state index contributed by atoms with van der Waals surface area (Å²) in [5.74, 6) is 0. The summed E-state index contributed by atoms with van der Waals surface area (Å²) in [5, 5.41) is 0. The Kier molecular flexibility index (Phi) is 5.87. The minimum absolute atomic E-state index is 0.668. The summed E-state index contributed by atoms with van der Waals surface area (Å²) in [5.41, 5.74) is 1.47. The standard InChI is InChI=1S/C17H28N2/c1-3-4-12-19-13-8-11-18(2)17(15-19)14-16-9-6-5-7-10-16/h5-7,9-10,17H,3-4,8,11-15H2,1-2H3/t17-/m1/s1. The van der Waals surface area contributed by atoms with Crippen LogP contribution >= 0.6 is 0 Å². The van der Waals surface area contributed by atoms with Gasteiger partial charge in [0.2, 0.25) is 0 Å². The molecule has 106 valence electrons. The summed E-state index contributed by atoms with van der Waals surface area (Å²) < 4.78 is 0. The van der Waals surface area contributed by atoms with Crippen molar-refractivity contribution >= 4 is 0 Å². The molecule has 0 unspecified atom stereocenters. The molecule has 0 aromatic heterocycles. The Hall–Kier alpha value is -0.860. The monoisotopic (exact) mass is 260 g/mol. The van der Waals surface area contributed by atoms with Gasteiger partial charge in [0.1, 0.15) is 0 Å². The molecule has 0 N–H and O–H groups in total. The highest BCUT2D eigenvalue weighted by molar-refractivity contribution is 5.16. The topological polar surface area (TPSA) is 6.48 Å². The molecular formula is C17H28N2. The van der Waals surface area contributed by atoms with Crippen LogP contribution in [-0.4, -0.2) is 49.1 Å². The van der Waals surface area contributed by atoms with Crippen LogP contribution in [0.3, 0.4) is 0 Å². The molecule has 0 aliphatic carbocycles. The number of nitrogens with zero attached hydrogens (tertiary/aromatic N) is 2. The highest BCUT2D eigenvalue weighted by atomic mass is 15.2. The molecule has 1 atom stereocenters. The average molecular weight is 260 g/mol. The van der Waals surface area contributed by atoms with Crippen molar-refractivity contribution in [2.45, 2.75) is 38.6 Å². The molecule has 2 rings (SSSR count). The first-order valence-electron chi connectivity index (χ1n) is 7.76. The molecule has 19 heavy (non-hydrogen) atoms. The van der Waals surface area contributed by atoms with Gasteiger partial charge in [-0.05, 0) is 51.5 Å². The number of hydrogen-bond acceptors (Lipinski definition) is 2. The fraction of sp³-hybridized carbons (Fsp3) is 0.647. The third kappa shape index (κ3) is 4.63. The molecule has 1 heterocycles. The lowest BCUT2D eigenvalue weighted by molar-refractivity contribution is 0.204. The van der Waals surface area contributed by atoms with Gasteiger partial charge in [0.25, 0.3) is 0 Å². The number of rotatable bonds is 5. The van der Waals surface area contributed by atoms with E-state index in [1.54, 1.807) is 0 Å². The van der Waals surface area contributed by atoms with Gasteiger partial charge in [-0.25, -0.2) is 0 Å². The number of likely N-dealkylation sites (N-methyl/N-ethyl adjacent to an activating group) is 1. The molecule has 1 aliphatic rings. The van der Waals surface area contributed by atoms with Crippen molar-refractivity contribution in [3.8, 4) is 0 Å². The lowest BCUT2D eigenvalue weighted by atomic mass is 10.0. The quantitative estimate of drug-likeness (QED) is 0.803. The maximum absolute atomic E-state index is 2.67. The van der Waals surface area contributed by atoms with Gasteiger partial charge in [-0.1, -0.05) is 43.7 Å². The van der Waals surface area contributed by atoms with Crippen LogP contribution < -0.4 is 0 Å². The minimum atomic E-state index is 0.668. The lowest BCUT2D eigenvalue weighted by Crippen LogP contribution is -2.40. The maximum Gasteiger partial charge on any atom is 0.0260 e. The van der Waals surface area contributed by atoms with E-state index in [0.29, 0.717) is 6.04 Å². The van der Waals surface area contributed by atoms with Crippen LogP contribution in [0.2, 0.25) is 0 Å². The van der Waals surface area contributed by atoms with E-state index in [2.05, 4.69) is 54.1 Å². The van der Waals surface area contributed by atoms with E-state index >= 15 is 0 Å². The van der Waals surface area contributed by atoms with Crippen molar-refractivity contribution < 1.29 is 0 Å². The van der Waals surface area contributed by atoms with Crippen molar-refractivity contribution in [2.24, 2.45) is 0 Å². The SMILES string of the molecule is CCCCN1CCCN(C)[C@H](Cc2ccccc2)C1. The second-order valence-corrected chi connectivity index (χ2v) is 5.83. The van der Waals surface area contributed by atoms with Gasteiger partial charge < -0.3 is 9.80 Å². The van der Waals surface area contributed by atoms with Gasteiger partial charge in [0.15, 0.2) is 0 Å². The second-order valence-electron chi connectivity index (χ2n) is 5.83. The van der Waals surface area contributed by atoms with E-state index in [0.717, 1.165) is 0 Å². The highest BCUT2D eigenvalue weighted by Crippen LogP contribution is 2.14. The Morgan fingerprint density at radius 3 is 2.68 bits per heavy atom. The summed E-state index contributed by atoms with van der Waals surface area (Å²) >= 11 is 0. The van der Waals surface area contributed by atoms with Crippen LogP contribution in [0.1, 0.15) is 31.7 Å². The minimum Gasteiger partial charge on any atom is -0.302 e. The van der Waals surface area contributed by atoms with Crippen LogP contribution in [0, 0.1) is 0 Å². The van der Waals surface area contributed by atoms with Crippen molar-refractivity contribution in [1.82, 2.24) is 9.80 Å². The van der Waals surface area contributed by atoms with E-state index in [1.165, 1.54) is 57.4 Å². The van der Waals surface area contributed by atoms with Gasteiger partial charge >= 0.3 is 0 Å². The van der Waals surface area contributed by atoms with E-state index in [4.69, 9.17) is 0 Å². The molecule has 1 saturated heterocycles. The molecule has 0 amide bonds. The van der Waals surface area contributed by atoms with Gasteiger partial charge in [-0.3, -0.25) is 0 Å². The van der Waals surface area contributed by atoms with Crippen LogP contribution in [0.5, 0.6) is 0 Å². The Bertz CT molecular complexity index is 348. The predicted molar refractivity (Wildman–Crippen MR) is 82.5 cm³/mol. The lowest BCUT2D eigenvalue weighted by Gasteiger charge is -2.29. The normalized spacial score (nSPS) is 22.3. The molecule has 1 aliphatic heterocycles. The molecule has 1 aromatic carbocycles. The molecule has 0 saturated carbocycles. The molecule has 2 nitrogen and oxygen atoms in total. The average Bonchev–Trinajstić information content (AvgIpc) is 2.60. The third-order valence-corrected chi connectivity index (χ3v) is 4.22. The number of hydrogen-bond donors (Lipinski definition) is 0. The summed E-state index contributed by atoms with van der Waals surface area (Å²) in [4.78, 5) is 5.22. The summed E-state index contributed by atoms with van der Waals surface area (Å²) in [6.07, 6.45) is 5.13. The van der Waals surface area contributed by atoms with Crippen molar-refractivity contribution in [3.05, 3.63) is 35.9 Å². The molecular weight excluding hydrogens is 232 g/mol. The van der Waals surface area contributed by atoms with Crippen LogP contribution in [0.4, 0.5) is 0 Å². The van der Waals surface area contributed by atoms with Gasteiger partial charge in [-0.15, -0.1) is 0 Å². The molecule has 0 bridgehead atoms. The zero-order valence-corrected chi connectivity index (χ0v) is 12.5. The summed E-state index contributed by atoms with van der Waals surface area (Å²) in [6.45, 7) is 7.29. The van der Waals surface area contributed by atoms with Crippen molar-refractivity contribution in [1.29, 1.82) is 0 Å².